The average molecular weight is 299 g/mol. The zero-order valence-electron chi connectivity index (χ0n) is 9.53. The van der Waals surface area contributed by atoms with E-state index in [4.69, 9.17) is 5.73 Å². The highest BCUT2D eigenvalue weighted by Crippen LogP contribution is 2.23. The van der Waals surface area contributed by atoms with Crippen molar-refractivity contribution in [2.45, 2.75) is 31.8 Å². The van der Waals surface area contributed by atoms with Crippen molar-refractivity contribution < 1.29 is 4.79 Å². The van der Waals surface area contributed by atoms with Crippen molar-refractivity contribution in [2.75, 3.05) is 11.1 Å². The van der Waals surface area contributed by atoms with Gasteiger partial charge in [-0.25, -0.2) is 4.98 Å². The molecule has 0 aliphatic heterocycles. The van der Waals surface area contributed by atoms with E-state index in [2.05, 4.69) is 31.5 Å². The summed E-state index contributed by atoms with van der Waals surface area (Å²) >= 11 is 3.35. The maximum Gasteiger partial charge on any atom is 0.242 e. The Morgan fingerprint density at radius 1 is 1.65 bits per heavy atom. The number of nitrogen functional groups attached to an aromatic ring is 1. The Balaban J connectivity index is 1.96. The molecule has 17 heavy (non-hydrogen) atoms. The summed E-state index contributed by atoms with van der Waals surface area (Å²) in [4.78, 5) is 15.9. The molecule has 2 rings (SSSR count). The van der Waals surface area contributed by atoms with E-state index in [1.807, 2.05) is 6.92 Å². The summed E-state index contributed by atoms with van der Waals surface area (Å²) in [6, 6.07) is 1.80. The predicted octanol–water partition coefficient (Wildman–Crippen LogP) is 1.51. The predicted molar refractivity (Wildman–Crippen MR) is 70.6 cm³/mol. The molecule has 0 spiro atoms. The number of carbonyl (C=O) groups is 1. The molecular weight excluding hydrogens is 284 g/mol. The Bertz CT molecular complexity index is 433. The minimum atomic E-state index is -0.317. The summed E-state index contributed by atoms with van der Waals surface area (Å²) in [7, 11) is 0. The number of nitrogens with zero attached hydrogens (tertiary/aromatic N) is 1. The lowest BCUT2D eigenvalue weighted by Crippen LogP contribution is -2.38. The second kappa shape index (κ2) is 4.91. The Morgan fingerprint density at radius 3 is 2.94 bits per heavy atom. The lowest BCUT2D eigenvalue weighted by atomic mass is 10.3. The molecule has 0 radical (unpaired) electrons. The van der Waals surface area contributed by atoms with Crippen LogP contribution < -0.4 is 16.4 Å². The zero-order valence-corrected chi connectivity index (χ0v) is 11.1. The number of aromatic nitrogens is 1. The van der Waals surface area contributed by atoms with Gasteiger partial charge in [0.15, 0.2) is 0 Å². The lowest BCUT2D eigenvalue weighted by Gasteiger charge is -2.15. The minimum absolute atomic E-state index is 0.00183. The van der Waals surface area contributed by atoms with Crippen molar-refractivity contribution in [1.29, 1.82) is 0 Å². The molecule has 1 amide bonds. The van der Waals surface area contributed by atoms with Gasteiger partial charge in [0.2, 0.25) is 5.91 Å². The number of nitrogens with two attached hydrogens (primary N) is 1. The summed E-state index contributed by atoms with van der Waals surface area (Å²) < 4.78 is 0.753. The molecule has 1 aliphatic carbocycles. The minimum Gasteiger partial charge on any atom is -0.397 e. The lowest BCUT2D eigenvalue weighted by molar-refractivity contribution is -0.121. The number of hydrogen-bond acceptors (Lipinski definition) is 4. The van der Waals surface area contributed by atoms with Gasteiger partial charge in [0, 0.05) is 6.04 Å². The van der Waals surface area contributed by atoms with Crippen LogP contribution in [0.4, 0.5) is 11.5 Å². The fourth-order valence-electron chi connectivity index (χ4n) is 1.38. The van der Waals surface area contributed by atoms with Crippen molar-refractivity contribution in [2.24, 2.45) is 0 Å². The Hall–Kier alpha value is -1.30. The van der Waals surface area contributed by atoms with Gasteiger partial charge in [-0.1, -0.05) is 0 Å². The van der Waals surface area contributed by atoms with Crippen LogP contribution in [0, 0.1) is 0 Å². The van der Waals surface area contributed by atoms with Gasteiger partial charge in [-0.05, 0) is 41.8 Å². The topological polar surface area (TPSA) is 80.0 Å². The Morgan fingerprint density at radius 2 is 2.35 bits per heavy atom. The third-order valence-corrected chi connectivity index (χ3v) is 3.14. The van der Waals surface area contributed by atoms with Crippen LogP contribution >= 0.6 is 15.9 Å². The largest absolute Gasteiger partial charge is 0.397 e. The highest BCUT2D eigenvalue weighted by molar-refractivity contribution is 9.10. The number of pyridine rings is 1. The number of anilines is 2. The molecular formula is C11H15BrN4O. The van der Waals surface area contributed by atoms with E-state index < -0.39 is 0 Å². The molecule has 6 heteroatoms. The first-order valence-corrected chi connectivity index (χ1v) is 6.33. The first-order chi connectivity index (χ1) is 8.06. The van der Waals surface area contributed by atoms with Gasteiger partial charge < -0.3 is 16.4 Å². The molecule has 1 heterocycles. The summed E-state index contributed by atoms with van der Waals surface area (Å²) in [5, 5.41) is 5.98. The molecule has 1 aromatic rings. The first kappa shape index (κ1) is 12.2. The highest BCUT2D eigenvalue weighted by Gasteiger charge is 2.25. The van der Waals surface area contributed by atoms with Gasteiger partial charge in [0.1, 0.15) is 11.9 Å². The summed E-state index contributed by atoms with van der Waals surface area (Å²) in [6.07, 6.45) is 3.73. The van der Waals surface area contributed by atoms with E-state index >= 15 is 0 Å². The standard InChI is InChI=1S/C11H15BrN4O/c1-6(11(17)16-8-2-3-8)15-10-9(12)4-7(13)5-14-10/h4-6,8H,2-3,13H2,1H3,(H,14,15)(H,16,17). The SMILES string of the molecule is CC(Nc1ncc(N)cc1Br)C(=O)NC1CC1. The molecule has 0 saturated heterocycles. The van der Waals surface area contributed by atoms with Crippen molar-refractivity contribution in [3.8, 4) is 0 Å². The van der Waals surface area contributed by atoms with E-state index in [0.717, 1.165) is 17.3 Å². The number of amides is 1. The van der Waals surface area contributed by atoms with Crippen LogP contribution in [-0.4, -0.2) is 23.0 Å². The van der Waals surface area contributed by atoms with Crippen LogP contribution in [0.5, 0.6) is 0 Å². The van der Waals surface area contributed by atoms with Gasteiger partial charge in [-0.3, -0.25) is 4.79 Å². The summed E-state index contributed by atoms with van der Waals surface area (Å²) in [6.45, 7) is 1.81. The summed E-state index contributed by atoms with van der Waals surface area (Å²) in [5.74, 6) is 0.621. The van der Waals surface area contributed by atoms with Gasteiger partial charge in [0.05, 0.1) is 16.4 Å². The fourth-order valence-corrected chi connectivity index (χ4v) is 1.86. The Kier molecular flexibility index (Phi) is 3.51. The monoisotopic (exact) mass is 298 g/mol. The zero-order chi connectivity index (χ0) is 12.4. The van der Waals surface area contributed by atoms with Gasteiger partial charge >= 0.3 is 0 Å². The smallest absolute Gasteiger partial charge is 0.242 e. The number of halogens is 1. The molecule has 1 aromatic heterocycles. The normalized spacial score (nSPS) is 16.4. The first-order valence-electron chi connectivity index (χ1n) is 5.54. The number of nitrogens with one attached hydrogen (secondary N) is 2. The van der Waals surface area contributed by atoms with Crippen LogP contribution in [0.3, 0.4) is 0 Å². The van der Waals surface area contributed by atoms with Crippen LogP contribution in [0.2, 0.25) is 0 Å². The van der Waals surface area contributed by atoms with E-state index in [-0.39, 0.29) is 11.9 Å². The second-order valence-corrected chi connectivity index (χ2v) is 5.10. The van der Waals surface area contributed by atoms with Crippen molar-refractivity contribution in [1.82, 2.24) is 10.3 Å². The van der Waals surface area contributed by atoms with Crippen LogP contribution in [0.25, 0.3) is 0 Å². The van der Waals surface area contributed by atoms with Gasteiger partial charge in [0.25, 0.3) is 0 Å². The van der Waals surface area contributed by atoms with E-state index in [9.17, 15) is 4.79 Å². The number of carbonyl (C=O) groups excluding carboxylic acids is 1. The molecule has 1 saturated carbocycles. The maximum atomic E-state index is 11.7. The fraction of sp³-hybridized carbons (Fsp3) is 0.455. The van der Waals surface area contributed by atoms with E-state index in [1.165, 1.54) is 0 Å². The third kappa shape index (κ3) is 3.33. The van der Waals surface area contributed by atoms with Crippen molar-refractivity contribution >= 4 is 33.3 Å². The molecule has 0 bridgehead atoms. The van der Waals surface area contributed by atoms with Crippen molar-refractivity contribution in [3.63, 3.8) is 0 Å². The molecule has 0 aromatic carbocycles. The molecule has 92 valence electrons. The van der Waals surface area contributed by atoms with Crippen molar-refractivity contribution in [3.05, 3.63) is 16.7 Å². The van der Waals surface area contributed by atoms with Crippen LogP contribution in [0.15, 0.2) is 16.7 Å². The molecule has 1 unspecified atom stereocenters. The molecule has 1 atom stereocenters. The highest BCUT2D eigenvalue weighted by atomic mass is 79.9. The Labute approximate surface area is 108 Å². The van der Waals surface area contributed by atoms with Gasteiger partial charge in [-0.15, -0.1) is 0 Å². The average Bonchev–Trinajstić information content (AvgIpc) is 3.06. The van der Waals surface area contributed by atoms with Gasteiger partial charge in [-0.2, -0.15) is 0 Å². The van der Waals surface area contributed by atoms with E-state index in [1.54, 1.807) is 12.3 Å². The van der Waals surface area contributed by atoms with Crippen LogP contribution in [-0.2, 0) is 4.79 Å². The number of hydrogen-bond donors (Lipinski definition) is 3. The second-order valence-electron chi connectivity index (χ2n) is 4.25. The van der Waals surface area contributed by atoms with E-state index in [0.29, 0.717) is 17.5 Å². The molecule has 1 fully saturated rings. The molecule has 1 aliphatic rings. The molecule has 5 nitrogen and oxygen atoms in total. The summed E-state index contributed by atoms with van der Waals surface area (Å²) in [5.41, 5.74) is 6.17. The third-order valence-electron chi connectivity index (χ3n) is 2.53. The van der Waals surface area contributed by atoms with Crippen LogP contribution in [0.1, 0.15) is 19.8 Å². The number of rotatable bonds is 4. The quantitative estimate of drug-likeness (QED) is 0.787. The maximum absolute atomic E-state index is 11.7. The molecule has 4 N–H and O–H groups in total.